The van der Waals surface area contributed by atoms with Gasteiger partial charge in [-0.1, -0.05) is 30.3 Å². The van der Waals surface area contributed by atoms with E-state index in [4.69, 9.17) is 5.73 Å². The van der Waals surface area contributed by atoms with Gasteiger partial charge in [0.15, 0.2) is 0 Å². The van der Waals surface area contributed by atoms with Gasteiger partial charge in [-0.3, -0.25) is 9.59 Å². The first-order valence-corrected chi connectivity index (χ1v) is 7.93. The molecular formula is C17H26ClN3O2. The standard InChI is InChI=1S/C17H25N3O2.ClH/c1-20-15(21)10-9-14(17(22)19-12-6-5-11-18)16(20)13-7-3-2-4-8-13;/h2-4,7-8,14,16H,5-6,9-12,18H2,1H3,(H,19,22);1H. The molecule has 0 aliphatic carbocycles. The van der Waals surface area contributed by atoms with Gasteiger partial charge >= 0.3 is 0 Å². The number of hydrogen-bond donors (Lipinski definition) is 2. The molecule has 2 unspecified atom stereocenters. The lowest BCUT2D eigenvalue weighted by molar-refractivity contribution is -0.141. The summed E-state index contributed by atoms with van der Waals surface area (Å²) in [5.41, 5.74) is 6.48. The minimum atomic E-state index is -0.192. The maximum atomic E-state index is 12.5. The van der Waals surface area contributed by atoms with Crippen molar-refractivity contribution in [3.63, 3.8) is 0 Å². The van der Waals surface area contributed by atoms with Gasteiger partial charge in [-0.15, -0.1) is 12.4 Å². The van der Waals surface area contributed by atoms with Crippen LogP contribution in [0.15, 0.2) is 30.3 Å². The molecule has 1 saturated heterocycles. The van der Waals surface area contributed by atoms with Crippen LogP contribution in [0.3, 0.4) is 0 Å². The number of unbranched alkanes of at least 4 members (excludes halogenated alkanes) is 1. The van der Waals surface area contributed by atoms with Gasteiger partial charge in [-0.2, -0.15) is 0 Å². The van der Waals surface area contributed by atoms with E-state index in [1.807, 2.05) is 30.3 Å². The van der Waals surface area contributed by atoms with Gasteiger partial charge in [0.05, 0.1) is 12.0 Å². The van der Waals surface area contributed by atoms with Gasteiger partial charge in [-0.25, -0.2) is 0 Å². The molecule has 0 radical (unpaired) electrons. The summed E-state index contributed by atoms with van der Waals surface area (Å²) >= 11 is 0. The zero-order valence-electron chi connectivity index (χ0n) is 13.5. The largest absolute Gasteiger partial charge is 0.356 e. The zero-order valence-corrected chi connectivity index (χ0v) is 14.3. The molecule has 0 bridgehead atoms. The van der Waals surface area contributed by atoms with Gasteiger partial charge in [0.1, 0.15) is 0 Å². The topological polar surface area (TPSA) is 75.4 Å². The van der Waals surface area contributed by atoms with Crippen molar-refractivity contribution in [1.29, 1.82) is 0 Å². The number of hydrogen-bond acceptors (Lipinski definition) is 3. The average molecular weight is 340 g/mol. The van der Waals surface area contributed by atoms with Crippen LogP contribution in [0.1, 0.15) is 37.3 Å². The van der Waals surface area contributed by atoms with E-state index in [0.717, 1.165) is 18.4 Å². The van der Waals surface area contributed by atoms with Crippen LogP contribution in [0.4, 0.5) is 0 Å². The van der Waals surface area contributed by atoms with Gasteiger partial charge in [0, 0.05) is 20.0 Å². The molecule has 1 aliphatic rings. The zero-order chi connectivity index (χ0) is 15.9. The molecule has 1 fully saturated rings. The van der Waals surface area contributed by atoms with Crippen LogP contribution >= 0.6 is 12.4 Å². The molecule has 0 saturated carbocycles. The molecule has 2 atom stereocenters. The Balaban J connectivity index is 0.00000264. The normalized spacial score (nSPS) is 20.8. The summed E-state index contributed by atoms with van der Waals surface area (Å²) in [7, 11) is 1.79. The van der Waals surface area contributed by atoms with Gasteiger partial charge in [0.2, 0.25) is 11.8 Å². The van der Waals surface area contributed by atoms with E-state index in [1.165, 1.54) is 0 Å². The molecule has 0 aromatic heterocycles. The molecule has 1 heterocycles. The number of carbonyl (C=O) groups is 2. The number of nitrogens with two attached hydrogens (primary N) is 1. The number of likely N-dealkylation sites (tertiary alicyclic amines) is 1. The van der Waals surface area contributed by atoms with Crippen LogP contribution < -0.4 is 11.1 Å². The quantitative estimate of drug-likeness (QED) is 0.777. The fraction of sp³-hybridized carbons (Fsp3) is 0.529. The van der Waals surface area contributed by atoms with Crippen LogP contribution in [0.2, 0.25) is 0 Å². The number of carbonyl (C=O) groups excluding carboxylic acids is 2. The van der Waals surface area contributed by atoms with Gasteiger partial charge < -0.3 is 16.0 Å². The Morgan fingerprint density at radius 2 is 2.00 bits per heavy atom. The van der Waals surface area contributed by atoms with Crippen LogP contribution in [-0.4, -0.2) is 36.9 Å². The highest BCUT2D eigenvalue weighted by Gasteiger charge is 2.38. The van der Waals surface area contributed by atoms with Crippen molar-refractivity contribution in [2.75, 3.05) is 20.1 Å². The molecule has 5 nitrogen and oxygen atoms in total. The van der Waals surface area contributed by atoms with E-state index >= 15 is 0 Å². The highest BCUT2D eigenvalue weighted by Crippen LogP contribution is 2.35. The Bertz CT molecular complexity index is 510. The van der Waals surface area contributed by atoms with Crippen molar-refractivity contribution in [1.82, 2.24) is 10.2 Å². The summed E-state index contributed by atoms with van der Waals surface area (Å²) in [6, 6.07) is 9.60. The van der Waals surface area contributed by atoms with Crippen LogP contribution in [-0.2, 0) is 9.59 Å². The predicted octanol–water partition coefficient (Wildman–Crippen LogP) is 1.87. The first-order valence-electron chi connectivity index (χ1n) is 7.93. The van der Waals surface area contributed by atoms with E-state index in [9.17, 15) is 9.59 Å². The SMILES string of the molecule is CN1C(=O)CCC(C(=O)NCCCCN)C1c1ccccc1.Cl. The smallest absolute Gasteiger partial charge is 0.225 e. The number of nitrogens with zero attached hydrogens (tertiary/aromatic N) is 1. The highest BCUT2D eigenvalue weighted by atomic mass is 35.5. The third kappa shape index (κ3) is 4.94. The Kier molecular flexibility index (Phi) is 8.06. The second-order valence-electron chi connectivity index (χ2n) is 5.79. The fourth-order valence-corrected chi connectivity index (χ4v) is 3.03. The molecule has 3 N–H and O–H groups in total. The lowest BCUT2D eigenvalue weighted by Crippen LogP contribution is -2.46. The van der Waals surface area contributed by atoms with Crippen molar-refractivity contribution in [2.24, 2.45) is 11.7 Å². The third-order valence-corrected chi connectivity index (χ3v) is 4.27. The maximum Gasteiger partial charge on any atom is 0.225 e. The van der Waals surface area contributed by atoms with Crippen molar-refractivity contribution in [3.8, 4) is 0 Å². The summed E-state index contributed by atoms with van der Waals surface area (Å²) in [4.78, 5) is 26.3. The second kappa shape index (κ2) is 9.53. The number of rotatable bonds is 6. The molecule has 23 heavy (non-hydrogen) atoms. The molecule has 2 amide bonds. The molecule has 1 aromatic rings. The minimum Gasteiger partial charge on any atom is -0.356 e. The number of nitrogens with one attached hydrogen (secondary N) is 1. The van der Waals surface area contributed by atoms with Gasteiger partial charge in [-0.05, 0) is 31.4 Å². The van der Waals surface area contributed by atoms with E-state index < -0.39 is 0 Å². The van der Waals surface area contributed by atoms with Crippen molar-refractivity contribution in [3.05, 3.63) is 35.9 Å². The molecule has 128 valence electrons. The summed E-state index contributed by atoms with van der Waals surface area (Å²) in [5, 5.41) is 2.99. The summed E-state index contributed by atoms with van der Waals surface area (Å²) in [6.45, 7) is 1.29. The Morgan fingerprint density at radius 3 is 2.65 bits per heavy atom. The van der Waals surface area contributed by atoms with Gasteiger partial charge in [0.25, 0.3) is 0 Å². The molecule has 2 rings (SSSR count). The first-order chi connectivity index (χ1) is 10.6. The summed E-state index contributed by atoms with van der Waals surface area (Å²) in [6.07, 6.45) is 2.83. The van der Waals surface area contributed by atoms with Crippen LogP contribution in [0.5, 0.6) is 0 Å². The molecule has 6 heteroatoms. The molecule has 1 aliphatic heterocycles. The van der Waals surface area contributed by atoms with E-state index in [2.05, 4.69) is 5.32 Å². The van der Waals surface area contributed by atoms with E-state index in [0.29, 0.717) is 25.9 Å². The summed E-state index contributed by atoms with van der Waals surface area (Å²) < 4.78 is 0. The molecular weight excluding hydrogens is 314 g/mol. The Hall–Kier alpha value is -1.59. The Morgan fingerprint density at radius 1 is 1.30 bits per heavy atom. The van der Waals surface area contributed by atoms with Crippen molar-refractivity contribution in [2.45, 2.75) is 31.7 Å². The number of benzene rings is 1. The maximum absolute atomic E-state index is 12.5. The van der Waals surface area contributed by atoms with E-state index in [1.54, 1.807) is 11.9 Å². The highest BCUT2D eigenvalue weighted by molar-refractivity contribution is 5.85. The van der Waals surface area contributed by atoms with Crippen molar-refractivity contribution >= 4 is 24.2 Å². The minimum absolute atomic E-state index is 0. The first kappa shape index (κ1) is 19.5. The van der Waals surface area contributed by atoms with Crippen LogP contribution in [0, 0.1) is 5.92 Å². The summed E-state index contributed by atoms with van der Waals surface area (Å²) in [5.74, 6) is -0.0609. The fourth-order valence-electron chi connectivity index (χ4n) is 3.03. The number of halogens is 1. The van der Waals surface area contributed by atoms with E-state index in [-0.39, 0.29) is 36.2 Å². The monoisotopic (exact) mass is 339 g/mol. The van der Waals surface area contributed by atoms with Crippen molar-refractivity contribution < 1.29 is 9.59 Å². The predicted molar refractivity (Wildman–Crippen MR) is 93.2 cm³/mol. The number of amides is 2. The van der Waals surface area contributed by atoms with Crippen LogP contribution in [0.25, 0.3) is 0 Å². The average Bonchev–Trinajstić information content (AvgIpc) is 2.54. The second-order valence-corrected chi connectivity index (χ2v) is 5.79. The third-order valence-electron chi connectivity index (χ3n) is 4.27. The lowest BCUT2D eigenvalue weighted by atomic mass is 9.84. The number of piperidine rings is 1. The Labute approximate surface area is 144 Å². The molecule has 1 aromatic carbocycles. The molecule has 0 spiro atoms. The lowest BCUT2D eigenvalue weighted by Gasteiger charge is -2.38.